The van der Waals surface area contributed by atoms with Gasteiger partial charge in [0.15, 0.2) is 0 Å². The Balaban J connectivity index is 4.82. The molecule has 0 radical (unpaired) electrons. The van der Waals surface area contributed by atoms with Crippen LogP contribution in [0.15, 0.2) is 72.6 Å². The van der Waals surface area contributed by atoms with Crippen LogP contribution in [0.3, 0.4) is 0 Å². The fourth-order valence-corrected chi connectivity index (χ4v) is 3.99. The molecule has 0 aromatic carbocycles. The van der Waals surface area contributed by atoms with Gasteiger partial charge in [-0.2, -0.15) is 8.78 Å². The van der Waals surface area contributed by atoms with E-state index >= 15 is 0 Å². The maximum atomic E-state index is 14.7. The zero-order valence-electron chi connectivity index (χ0n) is 25.1. The van der Waals surface area contributed by atoms with Crippen LogP contribution in [0.1, 0.15) is 93.9 Å². The molecule has 1 nitrogen and oxygen atoms in total. The Kier molecular flexibility index (Phi) is 15.9. The lowest BCUT2D eigenvalue weighted by Gasteiger charge is -2.28. The first-order valence-corrected chi connectivity index (χ1v) is 13.9. The third kappa shape index (κ3) is 13.7. The number of halogens is 4. The van der Waals surface area contributed by atoms with E-state index < -0.39 is 29.4 Å². The summed E-state index contributed by atoms with van der Waals surface area (Å²) in [5.74, 6) is -0.482. The first-order valence-electron chi connectivity index (χ1n) is 13.9. The predicted octanol–water partition coefficient (Wildman–Crippen LogP) is 11.7. The smallest absolute Gasteiger partial charge is 0.400 e. The van der Waals surface area contributed by atoms with Crippen LogP contribution in [-0.4, -0.2) is 6.11 Å². The predicted molar refractivity (Wildman–Crippen MR) is 155 cm³/mol. The third-order valence-corrected chi connectivity index (χ3v) is 7.79. The van der Waals surface area contributed by atoms with Crippen molar-refractivity contribution in [1.29, 1.82) is 0 Å². The molecule has 0 aromatic rings. The van der Waals surface area contributed by atoms with Crippen molar-refractivity contribution >= 4 is 0 Å². The Hall–Kier alpha value is -2.04. The second-order valence-electron chi connectivity index (χ2n) is 11.8. The van der Waals surface area contributed by atoms with Gasteiger partial charge in [-0.05, 0) is 66.6 Å². The van der Waals surface area contributed by atoms with Crippen molar-refractivity contribution in [2.75, 3.05) is 0 Å². The third-order valence-electron chi connectivity index (χ3n) is 7.79. The van der Waals surface area contributed by atoms with Crippen LogP contribution in [0.2, 0.25) is 0 Å². The Morgan fingerprint density at radius 1 is 0.684 bits per heavy atom. The quantitative estimate of drug-likeness (QED) is 0.0899. The van der Waals surface area contributed by atoms with Crippen LogP contribution in [0.25, 0.3) is 0 Å². The Morgan fingerprint density at radius 2 is 1.11 bits per heavy atom. The molecule has 5 atom stereocenters. The maximum absolute atomic E-state index is 14.7. The molecule has 0 aromatic heterocycles. The van der Waals surface area contributed by atoms with Crippen molar-refractivity contribution in [2.24, 2.45) is 35.5 Å². The fraction of sp³-hybridized carbons (Fsp3) is 0.636. The molecule has 0 aliphatic rings. The van der Waals surface area contributed by atoms with E-state index in [0.29, 0.717) is 36.2 Å². The van der Waals surface area contributed by atoms with Crippen LogP contribution in [0, 0.1) is 35.5 Å². The Labute approximate surface area is 230 Å². The summed E-state index contributed by atoms with van der Waals surface area (Å²) in [7, 11) is 0. The second kappa shape index (κ2) is 16.8. The number of ether oxygens (including phenoxy) is 1. The standard InChI is InChI=1S/C33H52F4O/c1-21(2)13-14-23(5)24(6)15-16-25(7)26(8)17-18-28(10)33(36,37)38-29(11)20-32(35)30(12)27(9)19-31(34)22(3)4/h19-21,23-26,28H,3,9,11-18H2,1-2,4-8,10H3/b31-19+,32-20+. The van der Waals surface area contributed by atoms with Crippen molar-refractivity contribution in [3.63, 3.8) is 0 Å². The molecule has 218 valence electrons. The van der Waals surface area contributed by atoms with Crippen molar-refractivity contribution in [2.45, 2.75) is 100 Å². The van der Waals surface area contributed by atoms with E-state index in [1.54, 1.807) is 0 Å². The summed E-state index contributed by atoms with van der Waals surface area (Å²) >= 11 is 0. The molecular formula is C33H52F4O. The monoisotopic (exact) mass is 540 g/mol. The highest BCUT2D eigenvalue weighted by molar-refractivity contribution is 5.49. The zero-order valence-corrected chi connectivity index (χ0v) is 25.1. The van der Waals surface area contributed by atoms with Crippen LogP contribution in [0.5, 0.6) is 0 Å². The highest BCUT2D eigenvalue weighted by Gasteiger charge is 2.39. The topological polar surface area (TPSA) is 9.23 Å². The largest absolute Gasteiger partial charge is 0.433 e. The Bertz CT molecular complexity index is 864. The molecule has 5 unspecified atom stereocenters. The summed E-state index contributed by atoms with van der Waals surface area (Å²) in [5.41, 5.74) is -0.154. The molecule has 0 rings (SSSR count). The van der Waals surface area contributed by atoms with Crippen molar-refractivity contribution < 1.29 is 22.3 Å². The van der Waals surface area contributed by atoms with Gasteiger partial charge >= 0.3 is 6.11 Å². The minimum absolute atomic E-state index is 0.0466. The lowest BCUT2D eigenvalue weighted by Crippen LogP contribution is -2.29. The van der Waals surface area contributed by atoms with Gasteiger partial charge < -0.3 is 4.74 Å². The van der Waals surface area contributed by atoms with Gasteiger partial charge in [0.1, 0.15) is 17.4 Å². The number of hydrogen-bond acceptors (Lipinski definition) is 1. The zero-order chi connectivity index (χ0) is 29.8. The molecule has 0 amide bonds. The first-order chi connectivity index (χ1) is 17.4. The summed E-state index contributed by atoms with van der Waals surface area (Å²) in [6, 6.07) is 0. The Morgan fingerprint density at radius 3 is 1.53 bits per heavy atom. The van der Waals surface area contributed by atoms with Crippen LogP contribution in [0.4, 0.5) is 17.6 Å². The molecule has 0 saturated carbocycles. The van der Waals surface area contributed by atoms with Gasteiger partial charge in [0, 0.05) is 11.6 Å². The molecule has 0 N–H and O–H groups in total. The summed E-state index contributed by atoms with van der Waals surface area (Å²) in [5, 5.41) is 0. The van der Waals surface area contributed by atoms with E-state index in [2.05, 4.69) is 67.9 Å². The molecule has 0 spiro atoms. The highest BCUT2D eigenvalue weighted by Crippen LogP contribution is 2.35. The van der Waals surface area contributed by atoms with Crippen LogP contribution in [-0.2, 0) is 4.74 Å². The van der Waals surface area contributed by atoms with Crippen molar-refractivity contribution in [1.82, 2.24) is 0 Å². The SMILES string of the molecule is C=C(/C=C(/F)C(=C)C(=C)/C=C(/F)C(=C)C)OC(F)(F)C(C)CCC(C)C(C)CCC(C)C(C)CCC(C)C. The molecule has 0 aliphatic heterocycles. The average molecular weight is 541 g/mol. The van der Waals surface area contributed by atoms with E-state index in [-0.39, 0.29) is 23.1 Å². The van der Waals surface area contributed by atoms with Gasteiger partial charge in [-0.1, -0.05) is 100 Å². The molecule has 0 saturated heterocycles. The maximum Gasteiger partial charge on any atom is 0.400 e. The first kappa shape index (κ1) is 36.0. The van der Waals surface area contributed by atoms with E-state index in [0.717, 1.165) is 24.8 Å². The van der Waals surface area contributed by atoms with E-state index in [1.165, 1.54) is 26.7 Å². The number of rotatable bonds is 19. The second-order valence-corrected chi connectivity index (χ2v) is 11.8. The van der Waals surface area contributed by atoms with Gasteiger partial charge in [0.05, 0.1) is 5.92 Å². The fourth-order valence-electron chi connectivity index (χ4n) is 3.99. The molecule has 38 heavy (non-hydrogen) atoms. The summed E-state index contributed by atoms with van der Waals surface area (Å²) < 4.78 is 62.3. The van der Waals surface area contributed by atoms with Gasteiger partial charge in [0.2, 0.25) is 0 Å². The molecule has 0 aliphatic carbocycles. The van der Waals surface area contributed by atoms with Gasteiger partial charge in [-0.3, -0.25) is 0 Å². The highest BCUT2D eigenvalue weighted by atomic mass is 19.3. The van der Waals surface area contributed by atoms with Crippen molar-refractivity contribution in [3.8, 4) is 0 Å². The number of alkyl halides is 2. The molecule has 0 bridgehead atoms. The normalized spacial score (nSPS) is 17.0. The van der Waals surface area contributed by atoms with E-state index in [4.69, 9.17) is 4.74 Å². The minimum atomic E-state index is -3.51. The lowest BCUT2D eigenvalue weighted by atomic mass is 9.81. The van der Waals surface area contributed by atoms with Crippen molar-refractivity contribution in [3.05, 3.63) is 72.6 Å². The molecule has 5 heteroatoms. The average Bonchev–Trinajstić information content (AvgIpc) is 2.82. The van der Waals surface area contributed by atoms with Gasteiger partial charge in [0.25, 0.3) is 0 Å². The summed E-state index contributed by atoms with van der Waals surface area (Å²) in [4.78, 5) is 0. The van der Waals surface area contributed by atoms with Crippen LogP contribution < -0.4 is 0 Å². The molecule has 0 fully saturated rings. The number of allylic oxidation sites excluding steroid dienone is 7. The summed E-state index contributed by atoms with van der Waals surface area (Å²) in [6.07, 6.45) is 3.82. The van der Waals surface area contributed by atoms with Gasteiger partial charge in [-0.15, -0.1) is 0 Å². The molecule has 0 heterocycles. The van der Waals surface area contributed by atoms with Gasteiger partial charge in [-0.25, -0.2) is 8.78 Å². The van der Waals surface area contributed by atoms with E-state index in [9.17, 15) is 17.6 Å². The minimum Gasteiger partial charge on any atom is -0.433 e. The molecular weight excluding hydrogens is 488 g/mol. The summed E-state index contributed by atoms with van der Waals surface area (Å²) in [6.45, 7) is 30.2. The van der Waals surface area contributed by atoms with Crippen LogP contribution >= 0.6 is 0 Å². The number of hydrogen-bond donors (Lipinski definition) is 0. The van der Waals surface area contributed by atoms with E-state index in [1.807, 2.05) is 0 Å². The lowest BCUT2D eigenvalue weighted by molar-refractivity contribution is -0.245.